The van der Waals surface area contributed by atoms with E-state index in [0.29, 0.717) is 6.61 Å². The fourth-order valence-electron chi connectivity index (χ4n) is 1.21. The van der Waals surface area contributed by atoms with E-state index in [0.717, 1.165) is 17.0 Å². The molecule has 2 nitrogen and oxygen atoms in total. The Hall–Kier alpha value is -1.22. The van der Waals surface area contributed by atoms with Gasteiger partial charge in [-0.25, -0.2) is 0 Å². The Kier molecular flexibility index (Phi) is 5.72. The lowest BCUT2D eigenvalue weighted by Crippen LogP contribution is -2.05. The number of nitrogens with zero attached hydrogens (tertiary/aromatic N) is 1. The maximum absolute atomic E-state index is 5.14. The Bertz CT molecular complexity index is 357. The average molecular weight is 235 g/mol. The lowest BCUT2D eigenvalue weighted by Gasteiger charge is -2.05. The van der Waals surface area contributed by atoms with Crippen molar-refractivity contribution >= 4 is 17.5 Å². The van der Waals surface area contributed by atoms with Gasteiger partial charge in [0.1, 0.15) is 6.61 Å². The van der Waals surface area contributed by atoms with Crippen molar-refractivity contribution in [1.29, 1.82) is 0 Å². The minimum absolute atomic E-state index is 0.448. The molecule has 3 heteroatoms. The van der Waals surface area contributed by atoms with Crippen molar-refractivity contribution in [2.75, 3.05) is 18.6 Å². The topological polar surface area (TPSA) is 21.6 Å². The van der Waals surface area contributed by atoms with Crippen molar-refractivity contribution in [3.05, 3.63) is 48.0 Å². The molecule has 0 unspecified atom stereocenters. The van der Waals surface area contributed by atoms with Crippen LogP contribution in [0.2, 0.25) is 0 Å². The molecule has 0 saturated heterocycles. The summed E-state index contributed by atoms with van der Waals surface area (Å²) in [5.41, 5.74) is 3.33. The van der Waals surface area contributed by atoms with Crippen molar-refractivity contribution in [2.24, 2.45) is 5.16 Å². The highest BCUT2D eigenvalue weighted by Crippen LogP contribution is 2.08. The minimum Gasteiger partial charge on any atom is -0.391 e. The summed E-state index contributed by atoms with van der Waals surface area (Å²) in [6.07, 6.45) is 3.74. The normalized spacial score (nSPS) is 11.2. The zero-order chi connectivity index (χ0) is 11.8. The lowest BCUT2D eigenvalue weighted by atomic mass is 10.1. The highest BCUT2D eigenvalue weighted by molar-refractivity contribution is 7.99. The van der Waals surface area contributed by atoms with Crippen LogP contribution in [0.5, 0.6) is 0 Å². The fraction of sp³-hybridized carbons (Fsp3) is 0.308. The van der Waals surface area contributed by atoms with Crippen molar-refractivity contribution in [2.45, 2.75) is 6.92 Å². The van der Waals surface area contributed by atoms with Gasteiger partial charge in [-0.05, 0) is 13.2 Å². The van der Waals surface area contributed by atoms with Crippen molar-refractivity contribution in [3.63, 3.8) is 0 Å². The van der Waals surface area contributed by atoms with Crippen LogP contribution in [-0.2, 0) is 4.84 Å². The van der Waals surface area contributed by atoms with E-state index in [-0.39, 0.29) is 0 Å². The zero-order valence-corrected chi connectivity index (χ0v) is 10.6. The number of benzene rings is 1. The quantitative estimate of drug-likeness (QED) is 0.327. The van der Waals surface area contributed by atoms with Gasteiger partial charge in [0, 0.05) is 11.3 Å². The molecular weight excluding hydrogens is 218 g/mol. The van der Waals surface area contributed by atoms with Gasteiger partial charge in [0.2, 0.25) is 0 Å². The first-order chi connectivity index (χ1) is 7.77. The molecule has 1 aromatic rings. The Balaban J connectivity index is 2.79. The second-order valence-corrected chi connectivity index (χ2v) is 4.29. The summed E-state index contributed by atoms with van der Waals surface area (Å²) in [6, 6.07) is 8.31. The maximum atomic E-state index is 5.14. The van der Waals surface area contributed by atoms with Gasteiger partial charge in [-0.1, -0.05) is 47.6 Å². The van der Waals surface area contributed by atoms with Gasteiger partial charge >= 0.3 is 0 Å². The van der Waals surface area contributed by atoms with Crippen molar-refractivity contribution < 1.29 is 4.84 Å². The molecule has 16 heavy (non-hydrogen) atoms. The van der Waals surface area contributed by atoms with E-state index in [1.807, 2.05) is 0 Å². The summed E-state index contributed by atoms with van der Waals surface area (Å²) in [7, 11) is 0. The standard InChI is InChI=1S/C13H17NOS/c1-4-9-15-14-13(10-16-3)12-7-5-11(2)6-8-12/h4-8H,1,9-10H2,2-3H3. The van der Waals surface area contributed by atoms with Gasteiger partial charge in [0.15, 0.2) is 0 Å². The van der Waals surface area contributed by atoms with Gasteiger partial charge in [0.25, 0.3) is 0 Å². The Morgan fingerprint density at radius 1 is 1.44 bits per heavy atom. The van der Waals surface area contributed by atoms with E-state index >= 15 is 0 Å². The summed E-state index contributed by atoms with van der Waals surface area (Å²) in [5.74, 6) is 0.847. The van der Waals surface area contributed by atoms with Crippen molar-refractivity contribution in [1.82, 2.24) is 0 Å². The second-order valence-electron chi connectivity index (χ2n) is 3.42. The largest absolute Gasteiger partial charge is 0.391 e. The van der Waals surface area contributed by atoms with E-state index in [4.69, 9.17) is 4.84 Å². The summed E-state index contributed by atoms with van der Waals surface area (Å²) in [6.45, 7) is 6.11. The lowest BCUT2D eigenvalue weighted by molar-refractivity contribution is 0.175. The third-order valence-corrected chi connectivity index (χ3v) is 2.60. The summed E-state index contributed by atoms with van der Waals surface area (Å²) < 4.78 is 0. The van der Waals surface area contributed by atoms with Crippen LogP contribution in [0.15, 0.2) is 42.1 Å². The molecule has 0 aliphatic carbocycles. The SMILES string of the molecule is C=CCON=C(CSC)c1ccc(C)cc1. The molecule has 0 aliphatic heterocycles. The molecule has 86 valence electrons. The monoisotopic (exact) mass is 235 g/mol. The molecule has 0 N–H and O–H groups in total. The first-order valence-electron chi connectivity index (χ1n) is 5.13. The minimum atomic E-state index is 0.448. The summed E-state index contributed by atoms with van der Waals surface area (Å²) in [4.78, 5) is 5.14. The van der Waals surface area contributed by atoms with E-state index in [1.54, 1.807) is 17.8 Å². The highest BCUT2D eigenvalue weighted by atomic mass is 32.2. The van der Waals surface area contributed by atoms with Crippen LogP contribution >= 0.6 is 11.8 Å². The first-order valence-corrected chi connectivity index (χ1v) is 6.53. The second kappa shape index (κ2) is 7.12. The number of rotatable bonds is 6. The molecule has 0 fully saturated rings. The van der Waals surface area contributed by atoms with Crippen molar-refractivity contribution in [3.8, 4) is 0 Å². The molecule has 0 aromatic heterocycles. The van der Waals surface area contributed by atoms with Gasteiger partial charge in [0.05, 0.1) is 5.71 Å². The molecule has 0 heterocycles. The summed E-state index contributed by atoms with van der Waals surface area (Å²) in [5, 5.41) is 4.13. The molecule has 0 amide bonds. The maximum Gasteiger partial charge on any atom is 0.135 e. The Morgan fingerprint density at radius 3 is 2.69 bits per heavy atom. The molecule has 0 atom stereocenters. The number of thioether (sulfide) groups is 1. The highest BCUT2D eigenvalue weighted by Gasteiger charge is 2.03. The number of hydrogen-bond acceptors (Lipinski definition) is 3. The smallest absolute Gasteiger partial charge is 0.135 e. The molecule has 1 aromatic carbocycles. The molecule has 1 rings (SSSR count). The van der Waals surface area contributed by atoms with Crippen LogP contribution in [-0.4, -0.2) is 24.3 Å². The third kappa shape index (κ3) is 4.11. The summed E-state index contributed by atoms with van der Waals surface area (Å²) >= 11 is 1.73. The molecule has 0 spiro atoms. The molecule has 0 saturated carbocycles. The van der Waals surface area contributed by atoms with Gasteiger partial charge in [-0.15, -0.1) is 0 Å². The number of hydrogen-bond donors (Lipinski definition) is 0. The van der Waals surface area contributed by atoms with Crippen LogP contribution in [0.3, 0.4) is 0 Å². The van der Waals surface area contributed by atoms with E-state index in [9.17, 15) is 0 Å². The molecular formula is C13H17NOS. The predicted molar refractivity (Wildman–Crippen MR) is 72.2 cm³/mol. The Morgan fingerprint density at radius 2 is 2.12 bits per heavy atom. The Labute approximate surface area is 101 Å². The van der Waals surface area contributed by atoms with Crippen LogP contribution in [0, 0.1) is 6.92 Å². The van der Waals surface area contributed by atoms with E-state index in [2.05, 4.69) is 49.2 Å². The van der Waals surface area contributed by atoms with Gasteiger partial charge in [-0.3, -0.25) is 0 Å². The third-order valence-electron chi connectivity index (χ3n) is 2.03. The number of oxime groups is 1. The van der Waals surface area contributed by atoms with Crippen LogP contribution in [0.25, 0.3) is 0 Å². The predicted octanol–water partition coefficient (Wildman–Crippen LogP) is 3.26. The first kappa shape index (κ1) is 12.8. The van der Waals surface area contributed by atoms with E-state index < -0.39 is 0 Å². The van der Waals surface area contributed by atoms with Gasteiger partial charge in [-0.2, -0.15) is 11.8 Å². The van der Waals surface area contributed by atoms with Crippen LogP contribution < -0.4 is 0 Å². The zero-order valence-electron chi connectivity index (χ0n) is 9.77. The molecule has 0 radical (unpaired) electrons. The molecule has 0 bridgehead atoms. The van der Waals surface area contributed by atoms with Gasteiger partial charge < -0.3 is 4.84 Å². The molecule has 0 aliphatic rings. The van der Waals surface area contributed by atoms with Crippen LogP contribution in [0.1, 0.15) is 11.1 Å². The average Bonchev–Trinajstić information content (AvgIpc) is 2.29. The number of aryl methyl sites for hydroxylation is 1. The fourth-order valence-corrected chi connectivity index (χ4v) is 1.71. The van der Waals surface area contributed by atoms with Crippen LogP contribution in [0.4, 0.5) is 0 Å². The van der Waals surface area contributed by atoms with E-state index in [1.165, 1.54) is 5.56 Å².